The molecule has 2 N–H and O–H groups in total. The quantitative estimate of drug-likeness (QED) is 0.869. The van der Waals surface area contributed by atoms with E-state index in [1.54, 1.807) is 18.2 Å². The molecule has 0 saturated heterocycles. The molecule has 5 nitrogen and oxygen atoms in total. The number of benzene rings is 1. The molecular formula is C14H15Cl2NO4. The summed E-state index contributed by atoms with van der Waals surface area (Å²) in [6.45, 7) is -0.162. The first-order valence-electron chi connectivity index (χ1n) is 6.55. The van der Waals surface area contributed by atoms with Crippen molar-refractivity contribution in [2.24, 2.45) is 5.92 Å². The van der Waals surface area contributed by atoms with E-state index < -0.39 is 5.97 Å². The Labute approximate surface area is 132 Å². The maximum atomic E-state index is 11.8. The predicted molar refractivity (Wildman–Crippen MR) is 78.9 cm³/mol. The molecule has 1 aliphatic carbocycles. The molecule has 1 aromatic rings. The van der Waals surface area contributed by atoms with Crippen molar-refractivity contribution in [2.75, 3.05) is 6.61 Å². The van der Waals surface area contributed by atoms with Crippen LogP contribution in [-0.2, 0) is 9.59 Å². The summed E-state index contributed by atoms with van der Waals surface area (Å²) in [7, 11) is 0. The van der Waals surface area contributed by atoms with E-state index in [2.05, 4.69) is 5.32 Å². The summed E-state index contributed by atoms with van der Waals surface area (Å²) in [5.41, 5.74) is 0. The van der Waals surface area contributed by atoms with Gasteiger partial charge in [0.2, 0.25) is 0 Å². The van der Waals surface area contributed by atoms with E-state index >= 15 is 0 Å². The number of carboxylic acid groups (broad SMARTS) is 1. The van der Waals surface area contributed by atoms with Crippen LogP contribution in [0.2, 0.25) is 10.0 Å². The molecule has 0 heterocycles. The number of amides is 1. The summed E-state index contributed by atoms with van der Waals surface area (Å²) in [6.07, 6.45) is 1.72. The minimum Gasteiger partial charge on any atom is -0.484 e. The first kappa shape index (κ1) is 15.9. The Bertz CT molecular complexity index is 530. The zero-order valence-electron chi connectivity index (χ0n) is 11.1. The van der Waals surface area contributed by atoms with E-state index in [0.717, 1.165) is 0 Å². The second-order valence-corrected chi connectivity index (χ2v) is 5.88. The lowest BCUT2D eigenvalue weighted by molar-refractivity contribution is -0.141. The highest BCUT2D eigenvalue weighted by Crippen LogP contribution is 2.26. The molecule has 0 aromatic heterocycles. The van der Waals surface area contributed by atoms with Crippen molar-refractivity contribution in [3.63, 3.8) is 0 Å². The second kappa shape index (κ2) is 7.00. The van der Waals surface area contributed by atoms with Gasteiger partial charge in [0.15, 0.2) is 6.61 Å². The van der Waals surface area contributed by atoms with Crippen LogP contribution < -0.4 is 10.1 Å². The Kier molecular flexibility index (Phi) is 5.31. The van der Waals surface area contributed by atoms with Crippen LogP contribution in [0.4, 0.5) is 0 Å². The molecule has 114 valence electrons. The van der Waals surface area contributed by atoms with Crippen molar-refractivity contribution < 1.29 is 19.4 Å². The Morgan fingerprint density at radius 1 is 1.24 bits per heavy atom. The lowest BCUT2D eigenvalue weighted by Crippen LogP contribution is -2.36. The summed E-state index contributed by atoms with van der Waals surface area (Å²) >= 11 is 11.7. The fourth-order valence-electron chi connectivity index (χ4n) is 2.37. The fraction of sp³-hybridized carbons (Fsp3) is 0.429. The third-order valence-electron chi connectivity index (χ3n) is 3.35. The lowest BCUT2D eigenvalue weighted by atomic mass is 10.1. The monoisotopic (exact) mass is 331 g/mol. The molecule has 0 aliphatic heterocycles. The summed E-state index contributed by atoms with van der Waals surface area (Å²) in [6, 6.07) is 4.60. The number of carbonyl (C=O) groups is 2. The lowest BCUT2D eigenvalue weighted by Gasteiger charge is -2.13. The largest absolute Gasteiger partial charge is 0.484 e. The van der Waals surface area contributed by atoms with Crippen LogP contribution in [-0.4, -0.2) is 29.6 Å². The molecule has 1 saturated carbocycles. The van der Waals surface area contributed by atoms with Gasteiger partial charge < -0.3 is 15.2 Å². The van der Waals surface area contributed by atoms with Crippen molar-refractivity contribution >= 4 is 35.1 Å². The second-order valence-electron chi connectivity index (χ2n) is 5.01. The van der Waals surface area contributed by atoms with Crippen LogP contribution in [0.3, 0.4) is 0 Å². The highest BCUT2D eigenvalue weighted by molar-refractivity contribution is 6.34. The van der Waals surface area contributed by atoms with Gasteiger partial charge in [-0.05, 0) is 37.5 Å². The highest BCUT2D eigenvalue weighted by Gasteiger charge is 2.30. The molecule has 1 fully saturated rings. The molecule has 0 spiro atoms. The summed E-state index contributed by atoms with van der Waals surface area (Å²) in [4.78, 5) is 22.6. The molecule has 1 aliphatic rings. The van der Waals surface area contributed by atoms with Gasteiger partial charge in [-0.25, -0.2) is 0 Å². The minimum atomic E-state index is -0.809. The Hall–Kier alpha value is -1.46. The molecule has 7 heteroatoms. The van der Waals surface area contributed by atoms with Crippen LogP contribution in [0.1, 0.15) is 19.3 Å². The first-order valence-corrected chi connectivity index (χ1v) is 7.30. The number of ether oxygens (including phenoxy) is 1. The van der Waals surface area contributed by atoms with E-state index in [9.17, 15) is 9.59 Å². The summed E-state index contributed by atoms with van der Waals surface area (Å²) in [5.74, 6) is -1.06. The standard InChI is InChI=1S/C14H15Cl2NO4/c15-9-4-10(16)6-12(5-9)21-7-13(18)17-11-2-1-8(3-11)14(19)20/h4-6,8,11H,1-3,7H2,(H,17,18)(H,19,20)/t8-,11+/m0/s1. The molecule has 2 atom stereocenters. The molecule has 1 amide bonds. The van der Waals surface area contributed by atoms with Gasteiger partial charge in [0.25, 0.3) is 5.91 Å². The van der Waals surface area contributed by atoms with Gasteiger partial charge >= 0.3 is 5.97 Å². The van der Waals surface area contributed by atoms with Gasteiger partial charge in [0, 0.05) is 16.1 Å². The Morgan fingerprint density at radius 3 is 2.48 bits per heavy atom. The highest BCUT2D eigenvalue weighted by atomic mass is 35.5. The van der Waals surface area contributed by atoms with E-state index in [4.69, 9.17) is 33.0 Å². The average molecular weight is 332 g/mol. The van der Waals surface area contributed by atoms with Crippen molar-refractivity contribution in [2.45, 2.75) is 25.3 Å². The third kappa shape index (κ3) is 4.79. The molecule has 1 aromatic carbocycles. The van der Waals surface area contributed by atoms with Gasteiger partial charge in [0.05, 0.1) is 5.92 Å². The average Bonchev–Trinajstić information content (AvgIpc) is 2.84. The van der Waals surface area contributed by atoms with Crippen molar-refractivity contribution in [1.82, 2.24) is 5.32 Å². The number of halogens is 2. The number of hydrogen-bond donors (Lipinski definition) is 2. The number of carbonyl (C=O) groups excluding carboxylic acids is 1. The van der Waals surface area contributed by atoms with Gasteiger partial charge in [-0.15, -0.1) is 0 Å². The van der Waals surface area contributed by atoms with Gasteiger partial charge in [-0.1, -0.05) is 23.2 Å². The normalized spacial score (nSPS) is 21.0. The maximum Gasteiger partial charge on any atom is 0.306 e. The van der Waals surface area contributed by atoms with Gasteiger partial charge in [0.1, 0.15) is 5.75 Å². The molecule has 2 rings (SSSR count). The maximum absolute atomic E-state index is 11.8. The summed E-state index contributed by atoms with van der Waals surface area (Å²) < 4.78 is 5.32. The van der Waals surface area contributed by atoms with Crippen LogP contribution in [0.25, 0.3) is 0 Å². The smallest absolute Gasteiger partial charge is 0.306 e. The van der Waals surface area contributed by atoms with E-state index in [1.165, 1.54) is 0 Å². The van der Waals surface area contributed by atoms with Crippen LogP contribution in [0.5, 0.6) is 5.75 Å². The molecule has 21 heavy (non-hydrogen) atoms. The van der Waals surface area contributed by atoms with Crippen molar-refractivity contribution in [3.8, 4) is 5.75 Å². The van der Waals surface area contributed by atoms with Gasteiger partial charge in [-0.3, -0.25) is 9.59 Å². The molecule has 0 unspecified atom stereocenters. The van der Waals surface area contributed by atoms with Crippen molar-refractivity contribution in [1.29, 1.82) is 0 Å². The van der Waals surface area contributed by atoms with Gasteiger partial charge in [-0.2, -0.15) is 0 Å². The zero-order valence-corrected chi connectivity index (χ0v) is 12.7. The molecule has 0 bridgehead atoms. The number of rotatable bonds is 5. The number of aliphatic carboxylic acids is 1. The predicted octanol–water partition coefficient (Wildman–Crippen LogP) is 2.74. The third-order valence-corrected chi connectivity index (χ3v) is 3.79. The van der Waals surface area contributed by atoms with E-state index in [1.807, 2.05) is 0 Å². The first-order chi connectivity index (χ1) is 9.94. The van der Waals surface area contributed by atoms with E-state index in [-0.39, 0.29) is 24.5 Å². The zero-order chi connectivity index (χ0) is 15.4. The Morgan fingerprint density at radius 2 is 1.90 bits per heavy atom. The number of hydrogen-bond acceptors (Lipinski definition) is 3. The van der Waals surface area contributed by atoms with Crippen LogP contribution >= 0.6 is 23.2 Å². The van der Waals surface area contributed by atoms with Crippen LogP contribution in [0, 0.1) is 5.92 Å². The molecular weight excluding hydrogens is 317 g/mol. The number of nitrogens with one attached hydrogen (secondary N) is 1. The molecule has 0 radical (unpaired) electrons. The fourth-order valence-corrected chi connectivity index (χ4v) is 2.87. The Balaban J connectivity index is 1.79. The van der Waals surface area contributed by atoms with Crippen LogP contribution in [0.15, 0.2) is 18.2 Å². The SMILES string of the molecule is O=C(COc1cc(Cl)cc(Cl)c1)N[C@@H]1CC[C@H](C(=O)O)C1. The van der Waals surface area contributed by atoms with Crippen molar-refractivity contribution in [3.05, 3.63) is 28.2 Å². The number of carboxylic acids is 1. The van der Waals surface area contributed by atoms with E-state index in [0.29, 0.717) is 35.1 Å². The minimum absolute atomic E-state index is 0.106. The summed E-state index contributed by atoms with van der Waals surface area (Å²) in [5, 5.41) is 12.5. The topological polar surface area (TPSA) is 75.6 Å².